The van der Waals surface area contributed by atoms with Crippen molar-refractivity contribution < 1.29 is 0 Å². The lowest BCUT2D eigenvalue weighted by molar-refractivity contribution is 0.541. The predicted molar refractivity (Wildman–Crippen MR) is 77.9 cm³/mol. The van der Waals surface area contributed by atoms with Crippen LogP contribution >= 0.6 is 0 Å². The van der Waals surface area contributed by atoms with Crippen molar-refractivity contribution in [3.8, 4) is 0 Å². The van der Waals surface area contributed by atoms with Gasteiger partial charge in [0.1, 0.15) is 0 Å². The Kier molecular flexibility index (Phi) is 6.10. The van der Waals surface area contributed by atoms with Crippen LogP contribution in [0.5, 0.6) is 0 Å². The van der Waals surface area contributed by atoms with Crippen molar-refractivity contribution in [2.24, 2.45) is 0 Å². The van der Waals surface area contributed by atoms with E-state index in [1.165, 1.54) is 43.4 Å². The molecule has 0 bridgehead atoms. The molecule has 17 heavy (non-hydrogen) atoms. The summed E-state index contributed by atoms with van der Waals surface area (Å²) >= 11 is 0. The van der Waals surface area contributed by atoms with Crippen LogP contribution in [-0.4, -0.2) is 14.1 Å². The molecule has 1 unspecified atom stereocenters. The Morgan fingerprint density at radius 2 is 1.82 bits per heavy atom. The summed E-state index contributed by atoms with van der Waals surface area (Å²) in [5.74, 6) is 0.750. The summed E-state index contributed by atoms with van der Waals surface area (Å²) in [6.07, 6.45) is 6.57. The Labute approximate surface area is 107 Å². The molecule has 1 heteroatoms. The van der Waals surface area contributed by atoms with Gasteiger partial charge in [-0.2, -0.15) is 0 Å². The maximum Gasteiger partial charge on any atom is 0.0363 e. The number of hydrogen-bond acceptors (Lipinski definition) is 1. The Morgan fingerprint density at radius 3 is 2.41 bits per heavy atom. The van der Waals surface area contributed by atoms with E-state index < -0.39 is 0 Å². The Morgan fingerprint density at radius 1 is 1.06 bits per heavy atom. The van der Waals surface area contributed by atoms with E-state index in [1.54, 1.807) is 0 Å². The smallest absolute Gasteiger partial charge is 0.0363 e. The first-order chi connectivity index (χ1) is 8.19. The zero-order valence-corrected chi connectivity index (χ0v) is 11.9. The lowest BCUT2D eigenvalue weighted by Gasteiger charge is -2.19. The second-order valence-electron chi connectivity index (χ2n) is 5.12. The quantitative estimate of drug-likeness (QED) is 0.652. The van der Waals surface area contributed by atoms with Gasteiger partial charge in [0.05, 0.1) is 0 Å². The van der Waals surface area contributed by atoms with Crippen LogP contribution in [0.3, 0.4) is 0 Å². The molecule has 1 atom stereocenters. The molecule has 0 aliphatic rings. The molecule has 0 heterocycles. The van der Waals surface area contributed by atoms with Crippen molar-refractivity contribution in [3.63, 3.8) is 0 Å². The molecule has 0 N–H and O–H groups in total. The SMILES string of the molecule is CCCCC(CCC)c1cccc(N(C)C)c1. The average Bonchev–Trinajstić information content (AvgIpc) is 2.34. The van der Waals surface area contributed by atoms with Crippen LogP contribution in [-0.2, 0) is 0 Å². The van der Waals surface area contributed by atoms with E-state index in [0.717, 1.165) is 5.92 Å². The maximum absolute atomic E-state index is 2.36. The van der Waals surface area contributed by atoms with Crippen molar-refractivity contribution in [2.45, 2.75) is 51.9 Å². The number of benzene rings is 1. The van der Waals surface area contributed by atoms with Gasteiger partial charge in [-0.15, -0.1) is 0 Å². The van der Waals surface area contributed by atoms with Crippen molar-refractivity contribution in [1.82, 2.24) is 0 Å². The lowest BCUT2D eigenvalue weighted by Crippen LogP contribution is -2.09. The molecule has 1 aromatic rings. The van der Waals surface area contributed by atoms with Crippen molar-refractivity contribution >= 4 is 5.69 Å². The molecule has 0 spiro atoms. The maximum atomic E-state index is 2.36. The molecule has 0 radical (unpaired) electrons. The fourth-order valence-corrected chi connectivity index (χ4v) is 2.33. The molecule has 1 aromatic carbocycles. The van der Waals surface area contributed by atoms with Crippen molar-refractivity contribution in [1.29, 1.82) is 0 Å². The third-order valence-corrected chi connectivity index (χ3v) is 3.40. The second-order valence-corrected chi connectivity index (χ2v) is 5.12. The summed E-state index contributed by atoms with van der Waals surface area (Å²) in [5.41, 5.74) is 2.84. The molecule has 0 amide bonds. The predicted octanol–water partition coefficient (Wildman–Crippen LogP) is 4.83. The van der Waals surface area contributed by atoms with Crippen LogP contribution in [0.15, 0.2) is 24.3 Å². The van der Waals surface area contributed by atoms with E-state index in [9.17, 15) is 0 Å². The van der Waals surface area contributed by atoms with E-state index in [0.29, 0.717) is 0 Å². The molecule has 0 aliphatic carbocycles. The van der Waals surface area contributed by atoms with Crippen LogP contribution in [0.1, 0.15) is 57.4 Å². The highest BCUT2D eigenvalue weighted by Crippen LogP contribution is 2.29. The topological polar surface area (TPSA) is 3.24 Å². The Balaban J connectivity index is 2.81. The van der Waals surface area contributed by atoms with Gasteiger partial charge in [0, 0.05) is 19.8 Å². The molecule has 1 nitrogen and oxygen atoms in total. The highest BCUT2D eigenvalue weighted by Gasteiger charge is 2.10. The molecule has 0 aromatic heterocycles. The summed E-state index contributed by atoms with van der Waals surface area (Å²) in [6, 6.07) is 9.03. The van der Waals surface area contributed by atoms with E-state index in [1.807, 2.05) is 0 Å². The minimum atomic E-state index is 0.750. The normalized spacial score (nSPS) is 12.5. The summed E-state index contributed by atoms with van der Waals surface area (Å²) in [6.45, 7) is 4.56. The minimum Gasteiger partial charge on any atom is -0.378 e. The monoisotopic (exact) mass is 233 g/mol. The molecule has 0 saturated heterocycles. The molecule has 0 fully saturated rings. The highest BCUT2D eigenvalue weighted by molar-refractivity contribution is 5.47. The number of unbranched alkanes of at least 4 members (excludes halogenated alkanes) is 1. The summed E-state index contributed by atoms with van der Waals surface area (Å²) in [4.78, 5) is 2.19. The van der Waals surface area contributed by atoms with Crippen LogP contribution in [0.2, 0.25) is 0 Å². The molecular formula is C16H27N. The van der Waals surface area contributed by atoms with Crippen LogP contribution in [0.4, 0.5) is 5.69 Å². The van der Waals surface area contributed by atoms with Gasteiger partial charge in [-0.05, 0) is 36.5 Å². The zero-order valence-electron chi connectivity index (χ0n) is 11.9. The summed E-state index contributed by atoms with van der Waals surface area (Å²) in [5, 5.41) is 0. The van der Waals surface area contributed by atoms with E-state index in [4.69, 9.17) is 0 Å². The largest absolute Gasteiger partial charge is 0.378 e. The third kappa shape index (κ3) is 4.41. The van der Waals surface area contributed by atoms with Gasteiger partial charge in [-0.1, -0.05) is 45.2 Å². The Bertz CT molecular complexity index is 317. The second kappa shape index (κ2) is 7.37. The molecule has 0 saturated carbocycles. The van der Waals surface area contributed by atoms with Gasteiger partial charge in [0.25, 0.3) is 0 Å². The number of anilines is 1. The summed E-state index contributed by atoms with van der Waals surface area (Å²) < 4.78 is 0. The average molecular weight is 233 g/mol. The number of nitrogens with zero attached hydrogens (tertiary/aromatic N) is 1. The molecule has 1 rings (SSSR count). The van der Waals surface area contributed by atoms with Gasteiger partial charge in [0.2, 0.25) is 0 Å². The molecule has 0 aliphatic heterocycles. The Hall–Kier alpha value is -0.980. The van der Waals surface area contributed by atoms with E-state index >= 15 is 0 Å². The van der Waals surface area contributed by atoms with Gasteiger partial charge in [-0.3, -0.25) is 0 Å². The van der Waals surface area contributed by atoms with Gasteiger partial charge in [0.15, 0.2) is 0 Å². The van der Waals surface area contributed by atoms with Crippen molar-refractivity contribution in [2.75, 3.05) is 19.0 Å². The fourth-order valence-electron chi connectivity index (χ4n) is 2.33. The van der Waals surface area contributed by atoms with Gasteiger partial charge >= 0.3 is 0 Å². The van der Waals surface area contributed by atoms with Crippen LogP contribution in [0.25, 0.3) is 0 Å². The van der Waals surface area contributed by atoms with E-state index in [2.05, 4.69) is 57.1 Å². The minimum absolute atomic E-state index is 0.750. The first-order valence-electron chi connectivity index (χ1n) is 6.96. The van der Waals surface area contributed by atoms with Crippen molar-refractivity contribution in [3.05, 3.63) is 29.8 Å². The van der Waals surface area contributed by atoms with Crippen LogP contribution < -0.4 is 4.90 Å². The third-order valence-electron chi connectivity index (χ3n) is 3.40. The van der Waals surface area contributed by atoms with Crippen LogP contribution in [0, 0.1) is 0 Å². The molecule has 96 valence electrons. The molecular weight excluding hydrogens is 206 g/mol. The first-order valence-corrected chi connectivity index (χ1v) is 6.96. The zero-order chi connectivity index (χ0) is 12.7. The standard InChI is InChI=1S/C16H27N/c1-5-7-10-14(9-6-2)15-11-8-12-16(13-15)17(3)4/h8,11-14H,5-7,9-10H2,1-4H3. The van der Waals surface area contributed by atoms with Gasteiger partial charge in [-0.25, -0.2) is 0 Å². The van der Waals surface area contributed by atoms with Gasteiger partial charge < -0.3 is 4.90 Å². The highest BCUT2D eigenvalue weighted by atomic mass is 15.1. The fraction of sp³-hybridized carbons (Fsp3) is 0.625. The first kappa shape index (κ1) is 14.1. The summed E-state index contributed by atoms with van der Waals surface area (Å²) in [7, 11) is 4.22. The number of rotatable bonds is 7. The number of hydrogen-bond donors (Lipinski definition) is 0. The van der Waals surface area contributed by atoms with E-state index in [-0.39, 0.29) is 0 Å². The lowest BCUT2D eigenvalue weighted by atomic mass is 9.89.